The van der Waals surface area contributed by atoms with Gasteiger partial charge in [-0.1, -0.05) is 12.1 Å². The Balaban J connectivity index is 2.32. The molecule has 170 valence electrons. The van der Waals surface area contributed by atoms with E-state index in [4.69, 9.17) is 5.73 Å². The minimum absolute atomic E-state index is 0.0795. The van der Waals surface area contributed by atoms with E-state index in [1.807, 2.05) is 0 Å². The van der Waals surface area contributed by atoms with Crippen LogP contribution in [-0.2, 0) is 26.8 Å². The lowest BCUT2D eigenvalue weighted by Gasteiger charge is -2.12. The van der Waals surface area contributed by atoms with Gasteiger partial charge in [0.15, 0.2) is 0 Å². The van der Waals surface area contributed by atoms with Gasteiger partial charge in [-0.2, -0.15) is 16.8 Å². The van der Waals surface area contributed by atoms with Crippen LogP contribution in [0.5, 0.6) is 5.75 Å². The van der Waals surface area contributed by atoms with Crippen molar-refractivity contribution in [2.45, 2.75) is 23.3 Å². The monoisotopic (exact) mass is 480 g/mol. The normalized spacial score (nSPS) is 12.6. The number of aryl methyl sites for hydroxylation is 1. The molecule has 32 heavy (non-hydrogen) atoms. The number of azo groups is 1. The van der Waals surface area contributed by atoms with E-state index < -0.39 is 35.7 Å². The SMILES string of the molecule is CNCc1ccc(S(=O)(=O)O)c(N=Nc2c(S(=O)(=O)O)cc3cc(C)cc(O)c3c2N)c1. The smallest absolute Gasteiger partial charge is 0.296 e. The Hall–Kier alpha value is -3.10. The molecule has 13 heteroatoms. The van der Waals surface area contributed by atoms with E-state index >= 15 is 0 Å². The molecule has 0 bridgehead atoms. The second kappa shape index (κ2) is 8.44. The molecule has 6 N–H and O–H groups in total. The third kappa shape index (κ3) is 4.71. The van der Waals surface area contributed by atoms with Crippen LogP contribution < -0.4 is 11.1 Å². The van der Waals surface area contributed by atoms with E-state index in [2.05, 4.69) is 15.5 Å². The number of nitrogens with one attached hydrogen (secondary N) is 1. The van der Waals surface area contributed by atoms with Crippen LogP contribution in [0.25, 0.3) is 10.8 Å². The van der Waals surface area contributed by atoms with Crippen molar-refractivity contribution in [3.05, 3.63) is 47.5 Å². The summed E-state index contributed by atoms with van der Waals surface area (Å²) >= 11 is 0. The molecule has 0 heterocycles. The number of benzene rings is 3. The molecule has 3 aromatic carbocycles. The van der Waals surface area contributed by atoms with E-state index in [9.17, 15) is 31.0 Å². The molecule has 0 aliphatic heterocycles. The molecule has 0 fully saturated rings. The van der Waals surface area contributed by atoms with Crippen molar-refractivity contribution in [3.63, 3.8) is 0 Å². The van der Waals surface area contributed by atoms with Gasteiger partial charge in [-0.3, -0.25) is 9.11 Å². The summed E-state index contributed by atoms with van der Waals surface area (Å²) in [6, 6.07) is 7.94. The number of fused-ring (bicyclic) bond motifs is 1. The fourth-order valence-electron chi connectivity index (χ4n) is 3.24. The van der Waals surface area contributed by atoms with Gasteiger partial charge in [0.05, 0.1) is 5.69 Å². The number of hydrogen-bond acceptors (Lipinski definition) is 9. The molecule has 0 radical (unpaired) electrons. The molecule has 0 amide bonds. The van der Waals surface area contributed by atoms with Crippen molar-refractivity contribution in [1.82, 2.24) is 5.32 Å². The molecule has 3 aromatic rings. The molecule has 0 aliphatic carbocycles. The van der Waals surface area contributed by atoms with E-state index in [0.717, 1.165) is 12.1 Å². The van der Waals surface area contributed by atoms with Gasteiger partial charge in [-0.25, -0.2) is 0 Å². The van der Waals surface area contributed by atoms with Gasteiger partial charge in [0.25, 0.3) is 20.2 Å². The average Bonchev–Trinajstić information content (AvgIpc) is 2.65. The highest BCUT2D eigenvalue weighted by Crippen LogP contribution is 2.42. The number of rotatable bonds is 6. The number of nitrogens with two attached hydrogens (primary N) is 1. The molecule has 3 rings (SSSR count). The molecule has 0 saturated carbocycles. The lowest BCUT2D eigenvalue weighted by atomic mass is 10.0. The number of aromatic hydroxyl groups is 1. The molecule has 0 atom stereocenters. The van der Waals surface area contributed by atoms with Gasteiger partial charge in [-0.05, 0) is 54.8 Å². The maximum Gasteiger partial charge on any atom is 0.296 e. The Morgan fingerprint density at radius 1 is 0.969 bits per heavy atom. The zero-order chi connectivity index (χ0) is 23.8. The first kappa shape index (κ1) is 23.6. The Kier molecular flexibility index (Phi) is 6.22. The van der Waals surface area contributed by atoms with Crippen LogP contribution in [0.1, 0.15) is 11.1 Å². The van der Waals surface area contributed by atoms with Crippen molar-refractivity contribution < 1.29 is 31.0 Å². The number of hydrogen-bond donors (Lipinski definition) is 5. The molecular weight excluding hydrogens is 460 g/mol. The standard InChI is InChI=1S/C19H20N4O7S2/c1-10-5-12-8-16(32(28,29)30)19(18(20)17(12)14(24)6-10)23-22-13-7-11(9-21-2)3-4-15(13)31(25,26)27/h3-8,21,24H,9,20H2,1-2H3,(H,25,26,27)(H,28,29,30). The van der Waals surface area contributed by atoms with Crippen LogP contribution in [0.2, 0.25) is 0 Å². The van der Waals surface area contributed by atoms with E-state index in [-0.39, 0.29) is 27.9 Å². The number of phenolic OH excluding ortho intramolecular Hbond substituents is 1. The summed E-state index contributed by atoms with van der Waals surface area (Å²) in [6.45, 7) is 2.01. The van der Waals surface area contributed by atoms with Gasteiger partial charge in [0, 0.05) is 11.9 Å². The Morgan fingerprint density at radius 2 is 1.62 bits per heavy atom. The first-order valence-corrected chi connectivity index (χ1v) is 11.9. The van der Waals surface area contributed by atoms with Crippen molar-refractivity contribution in [1.29, 1.82) is 0 Å². The number of phenols is 1. The highest BCUT2D eigenvalue weighted by molar-refractivity contribution is 7.86. The topological polar surface area (TPSA) is 192 Å². The summed E-state index contributed by atoms with van der Waals surface area (Å²) in [6.07, 6.45) is 0. The Morgan fingerprint density at radius 3 is 2.22 bits per heavy atom. The number of anilines is 1. The van der Waals surface area contributed by atoms with E-state index in [1.165, 1.54) is 18.2 Å². The predicted molar refractivity (Wildman–Crippen MR) is 118 cm³/mol. The minimum Gasteiger partial charge on any atom is -0.507 e. The second-order valence-electron chi connectivity index (χ2n) is 7.00. The van der Waals surface area contributed by atoms with E-state index in [1.54, 1.807) is 20.0 Å². The maximum absolute atomic E-state index is 12.0. The van der Waals surface area contributed by atoms with E-state index in [0.29, 0.717) is 17.7 Å². The second-order valence-corrected chi connectivity index (χ2v) is 9.78. The van der Waals surface area contributed by atoms with Crippen LogP contribution >= 0.6 is 0 Å². The van der Waals surface area contributed by atoms with Crippen LogP contribution in [0.4, 0.5) is 17.1 Å². The Labute approximate surface area is 184 Å². The van der Waals surface area contributed by atoms with Crippen LogP contribution in [0.15, 0.2) is 56.4 Å². The summed E-state index contributed by atoms with van der Waals surface area (Å²) in [5.74, 6) is -0.245. The Bertz CT molecular complexity index is 1470. The molecule has 0 saturated heterocycles. The van der Waals surface area contributed by atoms with Gasteiger partial charge >= 0.3 is 0 Å². The van der Waals surface area contributed by atoms with Crippen LogP contribution in [-0.4, -0.2) is 38.1 Å². The van der Waals surface area contributed by atoms with Crippen LogP contribution in [0, 0.1) is 6.92 Å². The lowest BCUT2D eigenvalue weighted by Crippen LogP contribution is -2.06. The van der Waals surface area contributed by atoms with Gasteiger partial charge in [0.1, 0.15) is 26.9 Å². The van der Waals surface area contributed by atoms with Crippen molar-refractivity contribution in [2.75, 3.05) is 12.8 Å². The molecule has 0 unspecified atom stereocenters. The molecule has 0 aromatic heterocycles. The fraction of sp³-hybridized carbons (Fsp3) is 0.158. The fourth-order valence-corrected chi connectivity index (χ4v) is 4.51. The highest BCUT2D eigenvalue weighted by atomic mass is 32.2. The summed E-state index contributed by atoms with van der Waals surface area (Å²) in [7, 11) is -7.84. The zero-order valence-electron chi connectivity index (χ0n) is 16.9. The molecule has 11 nitrogen and oxygen atoms in total. The number of nitrogen functional groups attached to an aromatic ring is 1. The molecular formula is C19H20N4O7S2. The summed E-state index contributed by atoms with van der Waals surface area (Å²) in [4.78, 5) is -1.25. The van der Waals surface area contributed by atoms with Crippen molar-refractivity contribution in [2.24, 2.45) is 10.2 Å². The van der Waals surface area contributed by atoms with Gasteiger partial charge in [-0.15, -0.1) is 10.2 Å². The van der Waals surface area contributed by atoms with Crippen molar-refractivity contribution in [3.8, 4) is 5.75 Å². The summed E-state index contributed by atoms with van der Waals surface area (Å²) in [5.41, 5.74) is 6.20. The van der Waals surface area contributed by atoms with Gasteiger partial charge in [0.2, 0.25) is 0 Å². The minimum atomic E-state index is -4.83. The molecule has 0 aliphatic rings. The quantitative estimate of drug-likeness (QED) is 0.200. The summed E-state index contributed by atoms with van der Waals surface area (Å²) in [5, 5.41) is 21.1. The third-order valence-corrected chi connectivity index (χ3v) is 6.32. The first-order chi connectivity index (χ1) is 14.8. The lowest BCUT2D eigenvalue weighted by molar-refractivity contribution is 0.480. The highest BCUT2D eigenvalue weighted by Gasteiger charge is 2.23. The third-order valence-electron chi connectivity index (χ3n) is 4.55. The first-order valence-electron chi connectivity index (χ1n) is 9.03. The predicted octanol–water partition coefficient (Wildman–Crippen LogP) is 3.06. The molecule has 0 spiro atoms. The van der Waals surface area contributed by atoms with Crippen molar-refractivity contribution >= 4 is 48.1 Å². The van der Waals surface area contributed by atoms with Crippen LogP contribution in [0.3, 0.4) is 0 Å². The summed E-state index contributed by atoms with van der Waals surface area (Å²) < 4.78 is 66.6. The maximum atomic E-state index is 12.0. The zero-order valence-corrected chi connectivity index (χ0v) is 18.6. The van der Waals surface area contributed by atoms with Gasteiger partial charge < -0.3 is 16.2 Å². The average molecular weight is 481 g/mol. The largest absolute Gasteiger partial charge is 0.507 e. The number of nitrogens with zero attached hydrogens (tertiary/aromatic N) is 2.